The van der Waals surface area contributed by atoms with Crippen LogP contribution < -0.4 is 20.1 Å². The molecule has 0 radical (unpaired) electrons. The Morgan fingerprint density at radius 3 is 1.44 bits per heavy atom. The molecule has 404 valence electrons. The molecule has 0 atom stereocenters. The Morgan fingerprint density at radius 2 is 1.01 bits per heavy atom. The molecule has 11 nitrogen and oxygen atoms in total. The fourth-order valence-corrected chi connectivity index (χ4v) is 13.9. The van der Waals surface area contributed by atoms with E-state index in [1.165, 1.54) is 107 Å². The molecule has 0 bridgehead atoms. The Morgan fingerprint density at radius 1 is 0.587 bits per heavy atom. The molecule has 0 unspecified atom stereocenters. The summed E-state index contributed by atoms with van der Waals surface area (Å²) >= 11 is 0. The maximum atomic E-state index is 13.6. The van der Waals surface area contributed by atoms with E-state index < -0.39 is 5.60 Å². The van der Waals surface area contributed by atoms with Gasteiger partial charge in [0.25, 0.3) is 11.8 Å². The quantitative estimate of drug-likeness (QED) is 0.129. The largest absolute Gasteiger partial charge is 0.493 e. The van der Waals surface area contributed by atoms with Crippen molar-refractivity contribution in [3.05, 3.63) is 87.7 Å². The summed E-state index contributed by atoms with van der Waals surface area (Å²) in [6, 6.07) is 13.7. The van der Waals surface area contributed by atoms with Crippen molar-refractivity contribution in [2.75, 3.05) is 39.6 Å². The van der Waals surface area contributed by atoms with E-state index in [0.717, 1.165) is 139 Å². The molecule has 2 aromatic heterocycles. The second-order valence-corrected chi connectivity index (χ2v) is 24.9. The number of allylic oxidation sites excluding steroid dienone is 1. The van der Waals surface area contributed by atoms with Crippen LogP contribution in [0.3, 0.4) is 0 Å². The first-order chi connectivity index (χ1) is 36.2. The van der Waals surface area contributed by atoms with E-state index in [1.54, 1.807) is 0 Å². The lowest BCUT2D eigenvalue weighted by atomic mass is 9.83. The molecule has 2 spiro atoms. The molecule has 3 N–H and O–H groups in total. The van der Waals surface area contributed by atoms with E-state index in [2.05, 4.69) is 83.5 Å². The second-order valence-electron chi connectivity index (χ2n) is 24.9. The molecular weight excluding hydrogens is 937 g/mol. The monoisotopic (exact) mass is 1020 g/mol. The van der Waals surface area contributed by atoms with Gasteiger partial charge in [-0.1, -0.05) is 45.1 Å². The van der Waals surface area contributed by atoms with Crippen LogP contribution in [0.2, 0.25) is 0 Å². The zero-order chi connectivity index (χ0) is 52.1. The molecule has 6 fully saturated rings. The predicted molar refractivity (Wildman–Crippen MR) is 297 cm³/mol. The van der Waals surface area contributed by atoms with E-state index in [0.29, 0.717) is 31.7 Å². The van der Waals surface area contributed by atoms with Crippen molar-refractivity contribution in [3.8, 4) is 34.0 Å². The van der Waals surface area contributed by atoms with E-state index in [9.17, 15) is 14.7 Å². The topological polar surface area (TPSA) is 125 Å². The van der Waals surface area contributed by atoms with Gasteiger partial charge in [-0.2, -0.15) is 0 Å². The number of hydrogen-bond acceptors (Lipinski definition) is 7. The second kappa shape index (κ2) is 21.5. The van der Waals surface area contributed by atoms with Crippen LogP contribution >= 0.6 is 0 Å². The summed E-state index contributed by atoms with van der Waals surface area (Å²) in [7, 11) is 0. The predicted octanol–water partition coefficient (Wildman–Crippen LogP) is 12.8. The summed E-state index contributed by atoms with van der Waals surface area (Å²) in [6.45, 7) is 20.6. The number of rotatable bonds is 12. The highest BCUT2D eigenvalue weighted by atomic mass is 16.5. The van der Waals surface area contributed by atoms with E-state index >= 15 is 0 Å². The van der Waals surface area contributed by atoms with Crippen LogP contribution in [0.15, 0.2) is 43.0 Å². The number of aromatic nitrogens is 2. The zero-order valence-corrected chi connectivity index (χ0v) is 46.1. The van der Waals surface area contributed by atoms with Gasteiger partial charge < -0.3 is 43.8 Å². The van der Waals surface area contributed by atoms with Crippen LogP contribution in [0.4, 0.5) is 0 Å². The summed E-state index contributed by atoms with van der Waals surface area (Å²) in [6.07, 6.45) is 23.4. The molecule has 4 aromatic rings. The highest BCUT2D eigenvalue weighted by Gasteiger charge is 2.50. The van der Waals surface area contributed by atoms with Gasteiger partial charge in [-0.25, -0.2) is 0 Å². The lowest BCUT2D eigenvalue weighted by molar-refractivity contribution is 0.0689. The highest BCUT2D eigenvalue weighted by molar-refractivity contribution is 5.98. The molecule has 6 heterocycles. The van der Waals surface area contributed by atoms with Gasteiger partial charge in [-0.05, 0) is 189 Å². The molecular formula is C64H86N4O7. The molecule has 4 saturated carbocycles. The van der Waals surface area contributed by atoms with Gasteiger partial charge >= 0.3 is 0 Å². The minimum absolute atomic E-state index is 0.0145. The van der Waals surface area contributed by atoms with Crippen LogP contribution in [0.1, 0.15) is 204 Å². The van der Waals surface area contributed by atoms with E-state index in [-0.39, 0.29) is 34.7 Å². The number of hydrogen-bond donors (Lipinski definition) is 3. The fourth-order valence-electron chi connectivity index (χ4n) is 13.9. The van der Waals surface area contributed by atoms with Crippen LogP contribution in [0.5, 0.6) is 11.5 Å². The summed E-state index contributed by atoms with van der Waals surface area (Å²) in [4.78, 5) is 27.1. The third-order valence-corrected chi connectivity index (χ3v) is 19.1. The van der Waals surface area contributed by atoms with Gasteiger partial charge in [0.15, 0.2) is 0 Å². The van der Waals surface area contributed by atoms with E-state index in [1.807, 2.05) is 13.8 Å². The summed E-state index contributed by atoms with van der Waals surface area (Å²) < 4.78 is 28.3. The fraction of sp³-hybridized carbons (Fsp3) is 0.625. The number of carbonyl (C=O) groups excluding carboxylic acids is 2. The number of amides is 2. The van der Waals surface area contributed by atoms with Crippen LogP contribution in [0.25, 0.3) is 28.1 Å². The molecule has 75 heavy (non-hydrogen) atoms. The number of carbonyl (C=O) groups is 2. The molecule has 12 rings (SSSR count). The minimum atomic E-state index is -1.02. The van der Waals surface area contributed by atoms with Gasteiger partial charge in [-0.3, -0.25) is 9.59 Å². The van der Waals surface area contributed by atoms with Gasteiger partial charge in [-0.15, -0.1) is 0 Å². The third kappa shape index (κ3) is 10.9. The van der Waals surface area contributed by atoms with Gasteiger partial charge in [0.2, 0.25) is 0 Å². The average molecular weight is 1020 g/mol. The number of ether oxygens (including phenoxy) is 4. The van der Waals surface area contributed by atoms with Gasteiger partial charge in [0.1, 0.15) is 11.5 Å². The normalized spacial score (nSPS) is 21.5. The highest BCUT2D eigenvalue weighted by Crippen LogP contribution is 2.59. The zero-order valence-electron chi connectivity index (χ0n) is 46.1. The number of nitrogens with zero attached hydrogens (tertiary/aromatic N) is 2. The molecule has 2 amide bonds. The van der Waals surface area contributed by atoms with Crippen molar-refractivity contribution in [1.82, 2.24) is 19.8 Å². The summed E-state index contributed by atoms with van der Waals surface area (Å²) in [5.41, 5.74) is 13.3. The molecule has 4 aliphatic carbocycles. The van der Waals surface area contributed by atoms with Crippen LogP contribution in [-0.4, -0.2) is 77.8 Å². The summed E-state index contributed by atoms with van der Waals surface area (Å²) in [5, 5.41) is 17.8. The first-order valence-electron chi connectivity index (χ1n) is 29.4. The third-order valence-electron chi connectivity index (χ3n) is 19.1. The van der Waals surface area contributed by atoms with Gasteiger partial charge in [0.05, 0.1) is 29.9 Å². The number of benzene rings is 2. The van der Waals surface area contributed by atoms with Crippen LogP contribution in [0, 0.1) is 25.7 Å². The van der Waals surface area contributed by atoms with Crippen molar-refractivity contribution in [1.29, 1.82) is 0 Å². The van der Waals surface area contributed by atoms with Gasteiger partial charge in [0, 0.05) is 107 Å². The average Bonchev–Trinajstić information content (AvgIpc) is 4.34. The minimum Gasteiger partial charge on any atom is -0.493 e. The number of aliphatic hydroxyl groups is 1. The standard InChI is InChI=1S/C32H44N2O4.C32H42N2O3/c1-21-25(30(35)33-24-9-14-37-15-10-24)19-28(34(21)20-22-7-5-4-6-8-22)23-17-26(31(2,3)36)29-27(18-23)32(11-12-32)13-16-38-29;1-21(2)26-17-24(18-28-30(26)37-16-13-32(28)11-12-32)29-19-27(31(35)33-25-9-14-36-15-10-25)22(3)34(29)20-23-7-5-4-6-8-23/h17-19,22,24,36H,4-16,20H2,1-3H3,(H,33,35);17-19,23,25H,1,4-16,20H2,2-3H3,(H,33,35). The first-order valence-corrected chi connectivity index (χ1v) is 29.4. The Balaban J connectivity index is 0.000000161. The smallest absolute Gasteiger partial charge is 0.253 e. The molecule has 11 heteroatoms. The van der Waals surface area contributed by atoms with Crippen LogP contribution in [-0.2, 0) is 39.0 Å². The first kappa shape index (κ1) is 52.2. The van der Waals surface area contributed by atoms with Crippen molar-refractivity contribution >= 4 is 17.4 Å². The molecule has 8 aliphatic rings. The Hall–Kier alpha value is -4.84. The summed E-state index contributed by atoms with van der Waals surface area (Å²) in [5.74, 6) is 3.28. The van der Waals surface area contributed by atoms with Crippen molar-refractivity contribution in [2.45, 2.75) is 205 Å². The Bertz CT molecular complexity index is 2740. The Labute approximate surface area is 446 Å². The van der Waals surface area contributed by atoms with E-state index in [4.69, 9.17) is 18.9 Å². The van der Waals surface area contributed by atoms with Crippen molar-refractivity contribution in [2.24, 2.45) is 11.8 Å². The number of fused-ring (bicyclic) bond motifs is 4. The molecule has 2 saturated heterocycles. The van der Waals surface area contributed by atoms with Crippen molar-refractivity contribution < 1.29 is 33.6 Å². The lowest BCUT2D eigenvalue weighted by Gasteiger charge is -2.32. The maximum absolute atomic E-state index is 13.6. The van der Waals surface area contributed by atoms with Crippen molar-refractivity contribution in [3.63, 3.8) is 0 Å². The SMILES string of the molecule is C=C(C)c1cc(-c2cc(C(=O)NC3CCOCC3)c(C)n2CC2CCCCC2)cc2c1OCCC21CC1.Cc1c(C(=O)NC2CCOCC2)cc(-c2cc(C(C)(C)O)c3c(c2)C2(CCO3)CC2)n1CC1CCCCC1. The number of nitrogens with one attached hydrogen (secondary N) is 2. The maximum Gasteiger partial charge on any atom is 0.253 e. The lowest BCUT2D eigenvalue weighted by Crippen LogP contribution is -2.39. The molecule has 2 aromatic carbocycles. The Kier molecular flexibility index (Phi) is 15.0. The molecule has 4 aliphatic heterocycles.